The van der Waals surface area contributed by atoms with E-state index in [1.54, 1.807) is 0 Å². The van der Waals surface area contributed by atoms with Crippen LogP contribution in [-0.2, 0) is 9.53 Å². The fourth-order valence-electron chi connectivity index (χ4n) is 2.60. The molecule has 0 bridgehead atoms. The number of hydrogen-bond acceptors (Lipinski definition) is 5. The zero-order valence-corrected chi connectivity index (χ0v) is 13.7. The summed E-state index contributed by atoms with van der Waals surface area (Å²) in [7, 11) is 3.63. The average Bonchev–Trinajstić information content (AvgIpc) is 2.45. The number of hydrogen-bond donors (Lipinski definition) is 1. The Balaban J connectivity index is 2.51. The van der Waals surface area contributed by atoms with E-state index in [0.29, 0.717) is 6.04 Å². The number of carbonyl (C=O) groups is 1. The fraction of sp³-hybridized carbons (Fsp3) is 0.933. The minimum Gasteiger partial charge on any atom is -0.468 e. The highest BCUT2D eigenvalue weighted by Gasteiger charge is 2.34. The molecule has 0 aromatic heterocycles. The third-order valence-electron chi connectivity index (χ3n) is 4.37. The highest BCUT2D eigenvalue weighted by molar-refractivity contribution is 5.80. The summed E-state index contributed by atoms with van der Waals surface area (Å²) in [6.45, 7) is 11.3. The monoisotopic (exact) mass is 285 g/mol. The quantitative estimate of drug-likeness (QED) is 0.706. The maximum absolute atomic E-state index is 12.0. The molecule has 1 saturated heterocycles. The number of nitrogens with one attached hydrogen (secondary N) is 1. The Morgan fingerprint density at radius 2 is 2.15 bits per heavy atom. The van der Waals surface area contributed by atoms with Gasteiger partial charge in [-0.15, -0.1) is 0 Å². The maximum Gasteiger partial charge on any atom is 0.325 e. The van der Waals surface area contributed by atoms with Crippen molar-refractivity contribution in [3.05, 3.63) is 0 Å². The van der Waals surface area contributed by atoms with Crippen LogP contribution in [0.2, 0.25) is 0 Å². The number of carbonyl (C=O) groups excluding carboxylic acids is 1. The van der Waals surface area contributed by atoms with E-state index in [2.05, 4.69) is 36.0 Å². The van der Waals surface area contributed by atoms with Gasteiger partial charge in [0.2, 0.25) is 0 Å². The van der Waals surface area contributed by atoms with E-state index < -0.39 is 5.54 Å². The normalized spacial score (nSPS) is 24.4. The van der Waals surface area contributed by atoms with Gasteiger partial charge in [0, 0.05) is 32.2 Å². The van der Waals surface area contributed by atoms with Crippen molar-refractivity contribution < 1.29 is 9.53 Å². The number of piperazine rings is 1. The Hall–Kier alpha value is -0.650. The van der Waals surface area contributed by atoms with Crippen LogP contribution in [0.4, 0.5) is 0 Å². The first-order valence-corrected chi connectivity index (χ1v) is 7.69. The first-order valence-electron chi connectivity index (χ1n) is 7.69. The molecule has 1 rings (SSSR count). The van der Waals surface area contributed by atoms with Gasteiger partial charge in [0.1, 0.15) is 5.54 Å². The van der Waals surface area contributed by atoms with Gasteiger partial charge >= 0.3 is 5.97 Å². The van der Waals surface area contributed by atoms with Crippen LogP contribution in [0, 0.1) is 0 Å². The highest BCUT2D eigenvalue weighted by Crippen LogP contribution is 2.15. The molecule has 1 fully saturated rings. The van der Waals surface area contributed by atoms with Crippen LogP contribution in [-0.4, -0.2) is 74.2 Å². The second-order valence-electron chi connectivity index (χ2n) is 6.13. The van der Waals surface area contributed by atoms with Gasteiger partial charge in [-0.2, -0.15) is 0 Å². The number of likely N-dealkylation sites (N-methyl/N-ethyl adjacent to an activating group) is 1. The average molecular weight is 285 g/mol. The second-order valence-corrected chi connectivity index (χ2v) is 6.13. The molecular weight excluding hydrogens is 254 g/mol. The van der Waals surface area contributed by atoms with E-state index in [-0.39, 0.29) is 5.97 Å². The standard InChI is InChI=1S/C15H31N3O2/c1-6-8-16-15(3,14(19)20-5)7-9-18-11-10-17(4)13(2)12-18/h13,16H,6-12H2,1-5H3. The lowest BCUT2D eigenvalue weighted by atomic mass is 9.97. The predicted octanol–water partition coefficient (Wildman–Crippen LogP) is 0.944. The molecule has 1 heterocycles. The van der Waals surface area contributed by atoms with Crippen molar-refractivity contribution >= 4 is 5.97 Å². The van der Waals surface area contributed by atoms with Crippen LogP contribution < -0.4 is 5.32 Å². The molecule has 0 radical (unpaired) electrons. The van der Waals surface area contributed by atoms with E-state index >= 15 is 0 Å². The van der Waals surface area contributed by atoms with E-state index in [9.17, 15) is 4.79 Å². The van der Waals surface area contributed by atoms with Crippen molar-refractivity contribution in [3.8, 4) is 0 Å². The van der Waals surface area contributed by atoms with Crippen molar-refractivity contribution in [1.82, 2.24) is 15.1 Å². The molecule has 118 valence electrons. The summed E-state index contributed by atoms with van der Waals surface area (Å²) in [5.74, 6) is -0.159. The maximum atomic E-state index is 12.0. The van der Waals surface area contributed by atoms with Crippen molar-refractivity contribution in [1.29, 1.82) is 0 Å². The fourth-order valence-corrected chi connectivity index (χ4v) is 2.60. The van der Waals surface area contributed by atoms with Crippen LogP contribution in [0.3, 0.4) is 0 Å². The summed E-state index contributed by atoms with van der Waals surface area (Å²) in [6, 6.07) is 0.580. The van der Waals surface area contributed by atoms with Gasteiger partial charge < -0.3 is 19.9 Å². The van der Waals surface area contributed by atoms with E-state index in [1.165, 1.54) is 7.11 Å². The molecule has 1 aliphatic heterocycles. The summed E-state index contributed by atoms with van der Waals surface area (Å²) in [5, 5.41) is 3.34. The SMILES string of the molecule is CCCNC(C)(CCN1CCN(C)C(C)C1)C(=O)OC. The number of methoxy groups -OCH3 is 1. The third-order valence-corrected chi connectivity index (χ3v) is 4.37. The molecule has 2 unspecified atom stereocenters. The lowest BCUT2D eigenvalue weighted by molar-refractivity contribution is -0.148. The third kappa shape index (κ3) is 4.72. The van der Waals surface area contributed by atoms with Crippen molar-refractivity contribution in [2.45, 2.75) is 45.2 Å². The molecular formula is C15H31N3O2. The van der Waals surface area contributed by atoms with Gasteiger partial charge in [-0.05, 0) is 40.3 Å². The summed E-state index contributed by atoms with van der Waals surface area (Å²) in [6.07, 6.45) is 1.80. The van der Waals surface area contributed by atoms with Gasteiger partial charge in [-0.25, -0.2) is 0 Å². The van der Waals surface area contributed by atoms with Crippen molar-refractivity contribution in [3.63, 3.8) is 0 Å². The topological polar surface area (TPSA) is 44.8 Å². The molecule has 0 aliphatic carbocycles. The molecule has 5 nitrogen and oxygen atoms in total. The minimum absolute atomic E-state index is 0.159. The molecule has 1 N–H and O–H groups in total. The number of esters is 1. The Morgan fingerprint density at radius 3 is 2.70 bits per heavy atom. The molecule has 5 heteroatoms. The molecule has 20 heavy (non-hydrogen) atoms. The smallest absolute Gasteiger partial charge is 0.325 e. The minimum atomic E-state index is -0.572. The van der Waals surface area contributed by atoms with Crippen LogP contribution in [0.1, 0.15) is 33.6 Å². The molecule has 2 atom stereocenters. The van der Waals surface area contributed by atoms with Gasteiger partial charge in [0.05, 0.1) is 7.11 Å². The van der Waals surface area contributed by atoms with Crippen LogP contribution in [0.15, 0.2) is 0 Å². The lowest BCUT2D eigenvalue weighted by Gasteiger charge is -2.39. The van der Waals surface area contributed by atoms with Crippen molar-refractivity contribution in [2.75, 3.05) is 46.9 Å². The first-order chi connectivity index (χ1) is 9.42. The van der Waals surface area contributed by atoms with E-state index in [1.807, 2.05) is 6.92 Å². The summed E-state index contributed by atoms with van der Waals surface area (Å²) in [4.78, 5) is 16.8. The molecule has 0 aromatic rings. The van der Waals surface area contributed by atoms with Crippen molar-refractivity contribution in [2.24, 2.45) is 0 Å². The second kappa shape index (κ2) is 7.96. The van der Waals surface area contributed by atoms with Crippen LogP contribution in [0.5, 0.6) is 0 Å². The highest BCUT2D eigenvalue weighted by atomic mass is 16.5. The molecule has 0 aromatic carbocycles. The van der Waals surface area contributed by atoms with Crippen LogP contribution >= 0.6 is 0 Å². The van der Waals surface area contributed by atoms with E-state index in [4.69, 9.17) is 4.74 Å². The zero-order valence-electron chi connectivity index (χ0n) is 13.7. The van der Waals surface area contributed by atoms with Gasteiger partial charge in [0.15, 0.2) is 0 Å². The number of rotatable bonds is 7. The van der Waals surface area contributed by atoms with Gasteiger partial charge in [-0.1, -0.05) is 6.92 Å². The number of nitrogens with zero attached hydrogens (tertiary/aromatic N) is 2. The largest absolute Gasteiger partial charge is 0.468 e. The predicted molar refractivity (Wildman–Crippen MR) is 81.9 cm³/mol. The Bertz CT molecular complexity index is 311. The summed E-state index contributed by atoms with van der Waals surface area (Å²) >= 11 is 0. The molecule has 0 saturated carbocycles. The Labute approximate surface area is 123 Å². The molecule has 0 amide bonds. The van der Waals surface area contributed by atoms with Crippen LogP contribution in [0.25, 0.3) is 0 Å². The lowest BCUT2D eigenvalue weighted by Crippen LogP contribution is -2.55. The molecule has 0 spiro atoms. The van der Waals surface area contributed by atoms with Gasteiger partial charge in [-0.3, -0.25) is 4.79 Å². The number of ether oxygens (including phenoxy) is 1. The molecule has 1 aliphatic rings. The van der Waals surface area contributed by atoms with E-state index in [0.717, 1.165) is 45.6 Å². The van der Waals surface area contributed by atoms with Gasteiger partial charge in [0.25, 0.3) is 0 Å². The first kappa shape index (κ1) is 17.4. The zero-order chi connectivity index (χ0) is 15.2. The Morgan fingerprint density at radius 1 is 1.45 bits per heavy atom. The summed E-state index contributed by atoms with van der Waals surface area (Å²) < 4.78 is 4.96. The Kier molecular flexibility index (Phi) is 6.92. The summed E-state index contributed by atoms with van der Waals surface area (Å²) in [5.41, 5.74) is -0.572.